The van der Waals surface area contributed by atoms with E-state index in [0.717, 1.165) is 27.8 Å². The molecule has 1 N–H and O–H groups in total. The lowest BCUT2D eigenvalue weighted by atomic mass is 9.65. The van der Waals surface area contributed by atoms with E-state index in [9.17, 15) is 4.79 Å². The summed E-state index contributed by atoms with van der Waals surface area (Å²) in [6.07, 6.45) is -6.36. The van der Waals surface area contributed by atoms with Crippen molar-refractivity contribution in [2.24, 2.45) is 11.8 Å². The van der Waals surface area contributed by atoms with Crippen LogP contribution < -0.4 is 29.0 Å². The summed E-state index contributed by atoms with van der Waals surface area (Å²) in [5.41, 5.74) is 6.29. The number of hydrogen-bond donors (Lipinski definition) is 1. The molecule has 15 heteroatoms. The second-order valence-electron chi connectivity index (χ2n) is 20.2. The SMILES string of the molecule is COc1cc([C@@H]2c3cc4c(cc3[C@@H](NCC(F)(F)[C@@H]3O[C@H](COCc5ccccc5)[C@@H](OCc5ccccc5)[C@H](OCc5ccccc5)[C@H]3OCc3ccccc3)[C@H]3COC(=O)[C@H]23)OCO4)cc(OC)c1OCc1ccccc1. The zero-order valence-corrected chi connectivity index (χ0v) is 44.0. The molecule has 410 valence electrons. The number of nitrogens with one attached hydrogen (secondary N) is 1. The molecule has 3 aliphatic heterocycles. The maximum atomic E-state index is 18.3. The molecule has 79 heavy (non-hydrogen) atoms. The average Bonchev–Trinajstić information content (AvgIpc) is 4.36. The lowest BCUT2D eigenvalue weighted by Crippen LogP contribution is -2.66. The second kappa shape index (κ2) is 24.7. The van der Waals surface area contributed by atoms with E-state index >= 15 is 8.78 Å². The molecule has 1 aliphatic carbocycles. The van der Waals surface area contributed by atoms with Crippen LogP contribution in [-0.4, -0.2) is 83.2 Å². The number of fused-ring (bicyclic) bond motifs is 3. The van der Waals surface area contributed by atoms with Gasteiger partial charge in [-0.2, -0.15) is 0 Å². The molecule has 0 aromatic heterocycles. The van der Waals surface area contributed by atoms with E-state index in [0.29, 0.717) is 45.4 Å². The number of alkyl halides is 2. The number of cyclic esters (lactones) is 1. The minimum absolute atomic E-state index is 0.0237. The van der Waals surface area contributed by atoms with Crippen molar-refractivity contribution in [3.8, 4) is 28.7 Å². The topological polar surface area (TPSA) is 131 Å². The van der Waals surface area contributed by atoms with Gasteiger partial charge in [0, 0.05) is 17.9 Å². The van der Waals surface area contributed by atoms with Crippen LogP contribution in [0, 0.1) is 11.8 Å². The third-order valence-corrected chi connectivity index (χ3v) is 15.1. The summed E-state index contributed by atoms with van der Waals surface area (Å²) in [4.78, 5) is 14.3. The fourth-order valence-electron chi connectivity index (χ4n) is 11.3. The molecule has 0 radical (unpaired) electrons. The Morgan fingerprint density at radius 1 is 0.570 bits per heavy atom. The first-order valence-electron chi connectivity index (χ1n) is 26.6. The molecule has 9 atom stereocenters. The quantitative estimate of drug-likeness (QED) is 0.0611. The van der Waals surface area contributed by atoms with Gasteiger partial charge in [-0.1, -0.05) is 152 Å². The van der Waals surface area contributed by atoms with E-state index in [1.807, 2.05) is 176 Å². The van der Waals surface area contributed by atoms with Gasteiger partial charge in [0.25, 0.3) is 5.92 Å². The van der Waals surface area contributed by atoms with Gasteiger partial charge >= 0.3 is 5.97 Å². The summed E-state index contributed by atoms with van der Waals surface area (Å²) in [6, 6.07) is 54.3. The van der Waals surface area contributed by atoms with Gasteiger partial charge in [-0.3, -0.25) is 4.79 Å². The van der Waals surface area contributed by atoms with Gasteiger partial charge < -0.3 is 57.4 Å². The standard InChI is InChI=1S/C64H63F2NO12/c1-69-52-28-46(29-53(70-2)58(52)72-33-42-20-10-4-11-21-42)55-47-30-50-51(78-40-77-50)31-48(47)57(49-37-76-63(68)56(49)55)67-39-64(65,66)62-61(75-36-45-26-16-7-17-27-45)60(74-35-44-24-14-6-15-25-44)59(73-34-43-22-12-5-13-23-43)54(79-62)38-71-32-41-18-8-3-9-19-41/h3-31,49,54-57,59-62,67H,32-40H2,1-2H3/t49-,54+,55+,56-,57+,59+,60-,61+,62+/m0/s1. The summed E-state index contributed by atoms with van der Waals surface area (Å²) in [6.45, 7) is -0.446. The Morgan fingerprint density at radius 3 is 1.58 bits per heavy atom. The van der Waals surface area contributed by atoms with Crippen LogP contribution in [-0.2, 0) is 66.3 Å². The van der Waals surface area contributed by atoms with Crippen molar-refractivity contribution in [1.29, 1.82) is 0 Å². The van der Waals surface area contributed by atoms with Crippen molar-refractivity contribution in [2.75, 3.05) is 40.8 Å². The third-order valence-electron chi connectivity index (χ3n) is 15.1. The van der Waals surface area contributed by atoms with E-state index in [2.05, 4.69) is 5.32 Å². The number of rotatable bonds is 23. The summed E-state index contributed by atoms with van der Waals surface area (Å²) < 4.78 is 106. The van der Waals surface area contributed by atoms with Gasteiger partial charge in [-0.15, -0.1) is 0 Å². The zero-order valence-electron chi connectivity index (χ0n) is 44.0. The Kier molecular flexibility index (Phi) is 16.8. The minimum Gasteiger partial charge on any atom is -0.493 e. The van der Waals surface area contributed by atoms with Crippen molar-refractivity contribution < 1.29 is 65.7 Å². The number of methoxy groups -OCH3 is 2. The molecule has 2 fully saturated rings. The van der Waals surface area contributed by atoms with Gasteiger partial charge in [0.05, 0.1) is 66.3 Å². The van der Waals surface area contributed by atoms with E-state index in [-0.39, 0.29) is 53.0 Å². The first-order chi connectivity index (χ1) is 38.7. The van der Waals surface area contributed by atoms with Crippen molar-refractivity contribution in [3.05, 3.63) is 220 Å². The van der Waals surface area contributed by atoms with Crippen LogP contribution in [0.15, 0.2) is 176 Å². The molecule has 7 aromatic carbocycles. The van der Waals surface area contributed by atoms with Gasteiger partial charge in [-0.05, 0) is 68.8 Å². The molecule has 0 amide bonds. The van der Waals surface area contributed by atoms with Gasteiger partial charge in [0.2, 0.25) is 12.5 Å². The van der Waals surface area contributed by atoms with E-state index in [4.69, 9.17) is 52.1 Å². The molecule has 2 saturated heterocycles. The van der Waals surface area contributed by atoms with Crippen molar-refractivity contribution in [2.45, 2.75) is 81.4 Å². The van der Waals surface area contributed by atoms with Gasteiger partial charge in [0.1, 0.15) is 31.0 Å². The van der Waals surface area contributed by atoms with Crippen LogP contribution in [0.2, 0.25) is 0 Å². The molecule has 4 aliphatic rings. The monoisotopic (exact) mass is 1080 g/mol. The molecule has 13 nitrogen and oxygen atoms in total. The van der Waals surface area contributed by atoms with Crippen molar-refractivity contribution in [3.63, 3.8) is 0 Å². The van der Waals surface area contributed by atoms with Crippen LogP contribution >= 0.6 is 0 Å². The maximum Gasteiger partial charge on any atom is 0.310 e. The van der Waals surface area contributed by atoms with E-state index < -0.39 is 72.8 Å². The lowest BCUT2D eigenvalue weighted by Gasteiger charge is -2.48. The largest absolute Gasteiger partial charge is 0.493 e. The summed E-state index contributed by atoms with van der Waals surface area (Å²) in [5.74, 6) is -4.19. The van der Waals surface area contributed by atoms with Gasteiger partial charge in [-0.25, -0.2) is 8.78 Å². The summed E-state index contributed by atoms with van der Waals surface area (Å²) in [5, 5.41) is 3.27. The number of ether oxygens (including phenoxy) is 11. The lowest BCUT2D eigenvalue weighted by molar-refractivity contribution is -0.309. The number of halogens is 2. The van der Waals surface area contributed by atoms with Crippen LogP contribution in [0.4, 0.5) is 8.78 Å². The molecule has 11 rings (SSSR count). The molecular weight excluding hydrogens is 1010 g/mol. The first-order valence-corrected chi connectivity index (χ1v) is 26.6. The predicted octanol–water partition coefficient (Wildman–Crippen LogP) is 11.0. The van der Waals surface area contributed by atoms with E-state index in [1.165, 1.54) is 14.2 Å². The predicted molar refractivity (Wildman–Crippen MR) is 288 cm³/mol. The fraction of sp³-hybridized carbons (Fsp3) is 0.328. The Labute approximate surface area is 458 Å². The van der Waals surface area contributed by atoms with Crippen LogP contribution in [0.1, 0.15) is 56.5 Å². The van der Waals surface area contributed by atoms with Crippen molar-refractivity contribution in [1.82, 2.24) is 5.32 Å². The summed E-state index contributed by atoms with van der Waals surface area (Å²) in [7, 11) is 3.08. The number of benzene rings is 7. The third kappa shape index (κ3) is 12.1. The summed E-state index contributed by atoms with van der Waals surface area (Å²) >= 11 is 0. The highest BCUT2D eigenvalue weighted by Crippen LogP contribution is 2.56. The van der Waals surface area contributed by atoms with Crippen molar-refractivity contribution >= 4 is 5.97 Å². The first kappa shape index (κ1) is 53.6. The molecule has 3 heterocycles. The minimum atomic E-state index is -3.67. The Balaban J connectivity index is 0.945. The van der Waals surface area contributed by atoms with Crippen LogP contribution in [0.5, 0.6) is 28.7 Å². The number of esters is 1. The molecule has 0 unspecified atom stereocenters. The molecular formula is C64H63F2NO12. The average molecular weight is 1080 g/mol. The number of carbonyl (C=O) groups excluding carboxylic acids is 1. The zero-order chi connectivity index (χ0) is 54.1. The molecule has 0 saturated carbocycles. The smallest absolute Gasteiger partial charge is 0.310 e. The molecule has 7 aromatic rings. The Bertz CT molecular complexity index is 3080. The maximum absolute atomic E-state index is 18.3. The number of carbonyl (C=O) groups is 1. The highest BCUT2D eigenvalue weighted by atomic mass is 19.3. The molecule has 0 bridgehead atoms. The molecule has 0 spiro atoms. The highest BCUT2D eigenvalue weighted by Gasteiger charge is 2.59. The number of hydrogen-bond acceptors (Lipinski definition) is 13. The second-order valence-corrected chi connectivity index (χ2v) is 20.2. The Morgan fingerprint density at radius 2 is 1.05 bits per heavy atom. The van der Waals surface area contributed by atoms with Crippen LogP contribution in [0.25, 0.3) is 0 Å². The van der Waals surface area contributed by atoms with Gasteiger partial charge in [0.15, 0.2) is 29.1 Å². The van der Waals surface area contributed by atoms with Crippen LogP contribution in [0.3, 0.4) is 0 Å². The normalized spacial score (nSPS) is 23.1. The highest BCUT2D eigenvalue weighted by molar-refractivity contribution is 5.79. The van der Waals surface area contributed by atoms with E-state index in [1.54, 1.807) is 0 Å². The Hall–Kier alpha value is -7.37. The fourth-order valence-corrected chi connectivity index (χ4v) is 11.3.